The molecule has 0 bridgehead atoms. The van der Waals surface area contributed by atoms with Crippen molar-refractivity contribution in [1.82, 2.24) is 5.32 Å². The number of hydrogen-bond donors (Lipinski definition) is 3. The number of carbonyl (C=O) groups is 5. The topological polar surface area (TPSA) is 139 Å². The van der Waals surface area contributed by atoms with Gasteiger partial charge in [-0.1, -0.05) is 41.9 Å². The van der Waals surface area contributed by atoms with E-state index in [0.29, 0.717) is 32.4 Å². The van der Waals surface area contributed by atoms with Gasteiger partial charge in [0.1, 0.15) is 5.70 Å². The van der Waals surface area contributed by atoms with E-state index in [9.17, 15) is 24.0 Å². The van der Waals surface area contributed by atoms with Crippen LogP contribution in [0.5, 0.6) is 0 Å². The van der Waals surface area contributed by atoms with E-state index in [0.717, 1.165) is 4.90 Å². The molecule has 4 N–H and O–H groups in total. The predicted molar refractivity (Wildman–Crippen MR) is 170 cm³/mol. The van der Waals surface area contributed by atoms with Gasteiger partial charge in [0.2, 0.25) is 17.7 Å². The molecular formula is C33H25ClN4O5S. The highest BCUT2D eigenvalue weighted by Crippen LogP contribution is 2.34. The lowest BCUT2D eigenvalue weighted by molar-refractivity contribution is -0.121. The molecule has 11 heteroatoms. The first kappa shape index (κ1) is 30.3. The lowest BCUT2D eigenvalue weighted by atomic mass is 10.1. The number of anilines is 2. The van der Waals surface area contributed by atoms with E-state index < -0.39 is 23.0 Å². The summed E-state index contributed by atoms with van der Waals surface area (Å²) in [5.41, 5.74) is 7.39. The first-order valence-corrected chi connectivity index (χ1v) is 14.6. The maximum absolute atomic E-state index is 13.3. The average Bonchev–Trinajstić information content (AvgIpc) is 3.30. The lowest BCUT2D eigenvalue weighted by Crippen LogP contribution is -2.31. The molecule has 0 spiro atoms. The number of hydrogen-bond acceptors (Lipinski definition) is 6. The van der Waals surface area contributed by atoms with Gasteiger partial charge in [-0.15, -0.1) is 11.8 Å². The van der Waals surface area contributed by atoms with Gasteiger partial charge in [-0.05, 0) is 84.4 Å². The van der Waals surface area contributed by atoms with Crippen molar-refractivity contribution in [3.8, 4) is 0 Å². The number of imide groups is 1. The minimum atomic E-state index is -0.640. The molecule has 0 aromatic heterocycles. The van der Waals surface area contributed by atoms with E-state index in [1.54, 1.807) is 78.9 Å². The summed E-state index contributed by atoms with van der Waals surface area (Å²) in [5, 5.41) is 5.31. The second-order valence-corrected chi connectivity index (χ2v) is 11.4. The molecule has 4 aromatic rings. The standard InChI is InChI=1S/C33H25ClN4O5S/c34-23-8-4-5-20(17-23)18-27(37-31(41)22-6-2-1-3-7-22)32(42)36-24-11-15-26(16-12-24)44-28-19-29(39)38(33(28)43)25-13-9-21(10-14-25)30(35)40/h1-18,28H,19H2,(H2,35,40)(H,36,42)(H,37,41)/b27-18-. The molecule has 9 nitrogen and oxygen atoms in total. The molecule has 1 saturated heterocycles. The normalized spacial score (nSPS) is 14.8. The number of primary amides is 1. The summed E-state index contributed by atoms with van der Waals surface area (Å²) in [5.74, 6) is -2.32. The molecule has 1 heterocycles. The molecule has 1 unspecified atom stereocenters. The Balaban J connectivity index is 1.27. The van der Waals surface area contributed by atoms with Crippen LogP contribution in [0, 0.1) is 0 Å². The summed E-state index contributed by atoms with van der Waals surface area (Å²) in [6, 6.07) is 28.1. The highest BCUT2D eigenvalue weighted by Gasteiger charge is 2.40. The molecular weight excluding hydrogens is 600 g/mol. The minimum absolute atomic E-state index is 0.0122. The van der Waals surface area contributed by atoms with Crippen LogP contribution < -0.4 is 21.3 Å². The highest BCUT2D eigenvalue weighted by molar-refractivity contribution is 8.00. The Bertz CT molecular complexity index is 1780. The molecule has 44 heavy (non-hydrogen) atoms. The van der Waals surface area contributed by atoms with E-state index in [1.165, 1.54) is 42.1 Å². The van der Waals surface area contributed by atoms with Crippen LogP contribution in [-0.2, 0) is 14.4 Å². The minimum Gasteiger partial charge on any atom is -0.366 e. The monoisotopic (exact) mass is 624 g/mol. The number of halogens is 1. The Morgan fingerprint density at radius 2 is 1.57 bits per heavy atom. The van der Waals surface area contributed by atoms with Crippen molar-refractivity contribution < 1.29 is 24.0 Å². The molecule has 1 aliphatic rings. The van der Waals surface area contributed by atoms with Crippen LogP contribution in [0.4, 0.5) is 11.4 Å². The quantitative estimate of drug-likeness (QED) is 0.171. The Hall–Kier alpha value is -5.19. The largest absolute Gasteiger partial charge is 0.366 e. The van der Waals surface area contributed by atoms with Gasteiger partial charge in [0.25, 0.3) is 11.8 Å². The number of nitrogens with two attached hydrogens (primary N) is 1. The van der Waals surface area contributed by atoms with E-state index in [4.69, 9.17) is 17.3 Å². The third kappa shape index (κ3) is 7.23. The van der Waals surface area contributed by atoms with Crippen LogP contribution in [0.2, 0.25) is 5.02 Å². The molecule has 1 fully saturated rings. The second kappa shape index (κ2) is 13.4. The molecule has 1 aliphatic heterocycles. The Morgan fingerprint density at radius 1 is 0.864 bits per heavy atom. The number of nitrogens with zero attached hydrogens (tertiary/aromatic N) is 1. The van der Waals surface area contributed by atoms with Crippen LogP contribution in [-0.4, -0.2) is 34.8 Å². The van der Waals surface area contributed by atoms with Crippen molar-refractivity contribution in [2.24, 2.45) is 5.73 Å². The number of benzene rings is 4. The van der Waals surface area contributed by atoms with E-state index in [1.807, 2.05) is 0 Å². The summed E-state index contributed by atoms with van der Waals surface area (Å²) < 4.78 is 0. The number of thioether (sulfide) groups is 1. The predicted octanol–water partition coefficient (Wildman–Crippen LogP) is 5.27. The van der Waals surface area contributed by atoms with Gasteiger partial charge in [0, 0.05) is 33.2 Å². The summed E-state index contributed by atoms with van der Waals surface area (Å²) in [7, 11) is 0. The summed E-state index contributed by atoms with van der Waals surface area (Å²) in [6.07, 6.45) is 1.54. The molecule has 1 atom stereocenters. The molecule has 220 valence electrons. The van der Waals surface area contributed by atoms with Crippen molar-refractivity contribution in [2.75, 3.05) is 10.2 Å². The van der Waals surface area contributed by atoms with Gasteiger partial charge in [-0.25, -0.2) is 4.90 Å². The molecule has 0 saturated carbocycles. The fourth-order valence-corrected chi connectivity index (χ4v) is 5.68. The van der Waals surface area contributed by atoms with E-state index in [-0.39, 0.29) is 29.5 Å². The maximum Gasteiger partial charge on any atom is 0.272 e. The molecule has 5 amide bonds. The Morgan fingerprint density at radius 3 is 2.23 bits per heavy atom. The highest BCUT2D eigenvalue weighted by atomic mass is 35.5. The van der Waals surface area contributed by atoms with Gasteiger partial charge in [0.15, 0.2) is 0 Å². The first-order valence-electron chi connectivity index (χ1n) is 13.4. The molecule has 4 aromatic carbocycles. The van der Waals surface area contributed by atoms with Gasteiger partial charge in [0.05, 0.1) is 10.9 Å². The number of carbonyl (C=O) groups excluding carboxylic acids is 5. The summed E-state index contributed by atoms with van der Waals surface area (Å²) >= 11 is 7.34. The molecule has 0 aliphatic carbocycles. The van der Waals surface area contributed by atoms with E-state index >= 15 is 0 Å². The fraction of sp³-hybridized carbons (Fsp3) is 0.0606. The molecule has 5 rings (SSSR count). The van der Waals surface area contributed by atoms with Gasteiger partial charge in [-0.3, -0.25) is 24.0 Å². The zero-order valence-corrected chi connectivity index (χ0v) is 24.6. The smallest absolute Gasteiger partial charge is 0.272 e. The average molecular weight is 625 g/mol. The van der Waals surface area contributed by atoms with Gasteiger partial charge < -0.3 is 16.4 Å². The third-order valence-corrected chi connectivity index (χ3v) is 8.03. The maximum atomic E-state index is 13.3. The number of amides is 5. The first-order chi connectivity index (χ1) is 21.2. The second-order valence-electron chi connectivity index (χ2n) is 9.70. The summed E-state index contributed by atoms with van der Waals surface area (Å²) in [4.78, 5) is 65.1. The third-order valence-electron chi connectivity index (χ3n) is 6.59. The zero-order valence-electron chi connectivity index (χ0n) is 23.0. The van der Waals surface area contributed by atoms with Crippen molar-refractivity contribution >= 4 is 70.3 Å². The van der Waals surface area contributed by atoms with Crippen LogP contribution in [0.1, 0.15) is 32.7 Å². The van der Waals surface area contributed by atoms with Crippen molar-refractivity contribution in [3.05, 3.63) is 131 Å². The van der Waals surface area contributed by atoms with Crippen molar-refractivity contribution in [3.63, 3.8) is 0 Å². The van der Waals surface area contributed by atoms with Crippen molar-refractivity contribution in [1.29, 1.82) is 0 Å². The van der Waals surface area contributed by atoms with Crippen molar-refractivity contribution in [2.45, 2.75) is 16.6 Å². The summed E-state index contributed by atoms with van der Waals surface area (Å²) in [6.45, 7) is 0. The van der Waals surface area contributed by atoms with Crippen LogP contribution in [0.25, 0.3) is 6.08 Å². The van der Waals surface area contributed by atoms with Gasteiger partial charge >= 0.3 is 0 Å². The molecule has 0 radical (unpaired) electrons. The Labute approximate surface area is 262 Å². The van der Waals surface area contributed by atoms with Crippen LogP contribution in [0.15, 0.2) is 114 Å². The zero-order chi connectivity index (χ0) is 31.2. The SMILES string of the molecule is NC(=O)c1ccc(N2C(=O)CC(Sc3ccc(NC(=O)/C(=C/c4cccc(Cl)c4)NC(=O)c4ccccc4)cc3)C2=O)cc1. The fourth-order valence-electron chi connectivity index (χ4n) is 4.43. The lowest BCUT2D eigenvalue weighted by Gasteiger charge is -2.15. The van der Waals surface area contributed by atoms with E-state index in [2.05, 4.69) is 10.6 Å². The number of rotatable bonds is 9. The van der Waals surface area contributed by atoms with Crippen LogP contribution in [0.3, 0.4) is 0 Å². The van der Waals surface area contributed by atoms with Crippen LogP contribution >= 0.6 is 23.4 Å². The Kier molecular flexibility index (Phi) is 9.23. The van der Waals surface area contributed by atoms with Gasteiger partial charge in [-0.2, -0.15) is 0 Å². The number of nitrogens with one attached hydrogen (secondary N) is 2.